The van der Waals surface area contributed by atoms with Gasteiger partial charge in [0.25, 0.3) is 5.91 Å². The Morgan fingerprint density at radius 2 is 2.17 bits per heavy atom. The molecule has 0 radical (unpaired) electrons. The van der Waals surface area contributed by atoms with Gasteiger partial charge >= 0.3 is 5.97 Å². The molecule has 0 saturated heterocycles. The van der Waals surface area contributed by atoms with Crippen LogP contribution < -0.4 is 15.0 Å². The van der Waals surface area contributed by atoms with E-state index in [1.807, 2.05) is 0 Å². The third kappa shape index (κ3) is 4.09. The number of benzene rings is 1. The number of hydrogen-bond acceptors (Lipinski definition) is 4. The molecule has 0 aromatic heterocycles. The number of aliphatic carboxylic acids is 1. The molecule has 2 rings (SSSR count). The average Bonchev–Trinajstić information content (AvgIpc) is 2.54. The van der Waals surface area contributed by atoms with Crippen LogP contribution in [-0.2, 0) is 14.4 Å². The van der Waals surface area contributed by atoms with E-state index in [0.717, 1.165) is 0 Å². The summed E-state index contributed by atoms with van der Waals surface area (Å²) >= 11 is 0. The summed E-state index contributed by atoms with van der Waals surface area (Å²) in [6.07, 6.45) is 2.30. The maximum atomic E-state index is 12.1. The first kappa shape index (κ1) is 16.5. The Hall–Kier alpha value is -2.83. The molecule has 0 spiro atoms. The summed E-state index contributed by atoms with van der Waals surface area (Å²) in [5.41, 5.74) is 0.497. The molecule has 122 valence electrons. The van der Waals surface area contributed by atoms with E-state index in [2.05, 4.69) is 11.9 Å². The molecule has 1 aliphatic heterocycles. The molecule has 1 unspecified atom stereocenters. The molecule has 7 nitrogen and oxygen atoms in total. The predicted octanol–water partition coefficient (Wildman–Crippen LogP) is 0.948. The largest absolute Gasteiger partial charge is 0.482 e. The number of carboxylic acids is 1. The number of nitrogens with one attached hydrogen (secondary N) is 1. The van der Waals surface area contributed by atoms with E-state index in [9.17, 15) is 14.4 Å². The number of anilines is 1. The molecule has 0 fully saturated rings. The Balaban J connectivity index is 2.06. The van der Waals surface area contributed by atoms with Gasteiger partial charge in [0.1, 0.15) is 18.3 Å². The molecule has 23 heavy (non-hydrogen) atoms. The second-order valence-electron chi connectivity index (χ2n) is 5.06. The summed E-state index contributed by atoms with van der Waals surface area (Å²) in [4.78, 5) is 36.5. The lowest BCUT2D eigenvalue weighted by Gasteiger charge is -2.29. The van der Waals surface area contributed by atoms with Crippen molar-refractivity contribution in [1.82, 2.24) is 5.32 Å². The molecule has 1 atom stereocenters. The number of fused-ring (bicyclic) bond motifs is 1. The highest BCUT2D eigenvalue weighted by atomic mass is 16.5. The first-order valence-corrected chi connectivity index (χ1v) is 7.18. The van der Waals surface area contributed by atoms with Crippen LogP contribution in [-0.4, -0.2) is 42.1 Å². The lowest BCUT2D eigenvalue weighted by molar-refractivity contribution is -0.141. The summed E-state index contributed by atoms with van der Waals surface area (Å²) in [5.74, 6) is -1.49. The summed E-state index contributed by atoms with van der Waals surface area (Å²) in [5, 5.41) is 11.5. The highest BCUT2D eigenvalue weighted by molar-refractivity contribution is 6.02. The van der Waals surface area contributed by atoms with Crippen molar-refractivity contribution < 1.29 is 24.2 Å². The van der Waals surface area contributed by atoms with Crippen molar-refractivity contribution in [2.75, 3.05) is 18.1 Å². The van der Waals surface area contributed by atoms with E-state index in [4.69, 9.17) is 9.84 Å². The molecule has 2 N–H and O–H groups in total. The fourth-order valence-electron chi connectivity index (χ4n) is 2.25. The number of carbonyl (C=O) groups is 3. The third-order valence-electron chi connectivity index (χ3n) is 3.40. The Morgan fingerprint density at radius 3 is 2.87 bits per heavy atom. The van der Waals surface area contributed by atoms with E-state index < -0.39 is 17.9 Å². The first-order chi connectivity index (χ1) is 11.0. The molecule has 0 saturated carbocycles. The van der Waals surface area contributed by atoms with Gasteiger partial charge in [-0.2, -0.15) is 0 Å². The SMILES string of the molecule is C=CCCC(NC(=O)CN1C(=O)COc2ccccc21)C(=O)O. The topological polar surface area (TPSA) is 95.9 Å². The Morgan fingerprint density at radius 1 is 1.43 bits per heavy atom. The van der Waals surface area contributed by atoms with E-state index in [1.165, 1.54) is 4.90 Å². The number of para-hydroxylation sites is 2. The maximum Gasteiger partial charge on any atom is 0.326 e. The van der Waals surface area contributed by atoms with Gasteiger partial charge in [-0.3, -0.25) is 14.5 Å². The van der Waals surface area contributed by atoms with Crippen LogP contribution in [0, 0.1) is 0 Å². The number of carboxylic acid groups (broad SMARTS) is 1. The molecule has 2 amide bonds. The maximum absolute atomic E-state index is 12.1. The summed E-state index contributed by atoms with van der Waals surface area (Å²) in [7, 11) is 0. The highest BCUT2D eigenvalue weighted by Crippen LogP contribution is 2.31. The number of hydrogen-bond donors (Lipinski definition) is 2. The van der Waals surface area contributed by atoms with Gasteiger partial charge in [0.15, 0.2) is 6.61 Å². The number of carbonyl (C=O) groups excluding carboxylic acids is 2. The molecule has 1 aliphatic rings. The second-order valence-corrected chi connectivity index (χ2v) is 5.06. The van der Waals surface area contributed by atoms with Crippen molar-refractivity contribution in [3.63, 3.8) is 0 Å². The van der Waals surface area contributed by atoms with Gasteiger partial charge in [0, 0.05) is 0 Å². The van der Waals surface area contributed by atoms with Crippen LogP contribution in [0.15, 0.2) is 36.9 Å². The lowest BCUT2D eigenvalue weighted by atomic mass is 10.1. The van der Waals surface area contributed by atoms with Crippen molar-refractivity contribution in [2.45, 2.75) is 18.9 Å². The lowest BCUT2D eigenvalue weighted by Crippen LogP contribution is -2.49. The smallest absolute Gasteiger partial charge is 0.326 e. The zero-order chi connectivity index (χ0) is 16.8. The number of nitrogens with zero attached hydrogens (tertiary/aromatic N) is 1. The molecule has 1 aromatic carbocycles. The van der Waals surface area contributed by atoms with Crippen molar-refractivity contribution in [3.8, 4) is 5.75 Å². The molecule has 1 aromatic rings. The Labute approximate surface area is 133 Å². The summed E-state index contributed by atoms with van der Waals surface area (Å²) in [6, 6.07) is 5.87. The number of allylic oxidation sites excluding steroid dienone is 1. The van der Waals surface area contributed by atoms with Crippen molar-refractivity contribution in [2.24, 2.45) is 0 Å². The highest BCUT2D eigenvalue weighted by Gasteiger charge is 2.28. The zero-order valence-corrected chi connectivity index (χ0v) is 12.5. The first-order valence-electron chi connectivity index (χ1n) is 7.18. The minimum absolute atomic E-state index is 0.150. The van der Waals surface area contributed by atoms with Crippen LogP contribution in [0.25, 0.3) is 0 Å². The van der Waals surface area contributed by atoms with Gasteiger partial charge in [-0.1, -0.05) is 18.2 Å². The Bertz CT molecular complexity index is 629. The van der Waals surface area contributed by atoms with E-state index in [-0.39, 0.29) is 25.5 Å². The molecule has 0 bridgehead atoms. The van der Waals surface area contributed by atoms with Gasteiger partial charge < -0.3 is 15.2 Å². The van der Waals surface area contributed by atoms with Crippen LogP contribution in [0.4, 0.5) is 5.69 Å². The number of ether oxygens (including phenoxy) is 1. The van der Waals surface area contributed by atoms with Gasteiger partial charge in [-0.05, 0) is 25.0 Å². The standard InChI is InChI=1S/C16H18N2O5/c1-2-3-6-11(16(21)22)17-14(19)9-18-12-7-4-5-8-13(12)23-10-15(18)20/h2,4-5,7-8,11H,1,3,6,9-10H2,(H,17,19)(H,21,22). The third-order valence-corrected chi connectivity index (χ3v) is 3.40. The van der Waals surface area contributed by atoms with Crippen LogP contribution in [0.2, 0.25) is 0 Å². The van der Waals surface area contributed by atoms with Crippen LogP contribution in [0.1, 0.15) is 12.8 Å². The normalized spacial score (nSPS) is 14.4. The monoisotopic (exact) mass is 318 g/mol. The van der Waals surface area contributed by atoms with Gasteiger partial charge in [-0.25, -0.2) is 4.79 Å². The number of amides is 2. The molecular formula is C16H18N2O5. The Kier molecular flexibility index (Phi) is 5.35. The van der Waals surface area contributed by atoms with Gasteiger partial charge in [0.05, 0.1) is 5.69 Å². The van der Waals surface area contributed by atoms with Crippen molar-refractivity contribution >= 4 is 23.5 Å². The zero-order valence-electron chi connectivity index (χ0n) is 12.5. The number of rotatable bonds is 7. The van der Waals surface area contributed by atoms with Crippen molar-refractivity contribution in [3.05, 3.63) is 36.9 Å². The molecule has 1 heterocycles. The minimum Gasteiger partial charge on any atom is -0.482 e. The van der Waals surface area contributed by atoms with Gasteiger partial charge in [-0.15, -0.1) is 6.58 Å². The van der Waals surface area contributed by atoms with Crippen LogP contribution in [0.3, 0.4) is 0 Å². The molecule has 0 aliphatic carbocycles. The molecule has 7 heteroatoms. The van der Waals surface area contributed by atoms with Crippen LogP contribution >= 0.6 is 0 Å². The van der Waals surface area contributed by atoms with E-state index in [0.29, 0.717) is 17.9 Å². The fourth-order valence-corrected chi connectivity index (χ4v) is 2.25. The quantitative estimate of drug-likeness (QED) is 0.730. The van der Waals surface area contributed by atoms with Crippen LogP contribution in [0.5, 0.6) is 5.75 Å². The second kappa shape index (κ2) is 7.44. The van der Waals surface area contributed by atoms with E-state index in [1.54, 1.807) is 30.3 Å². The van der Waals surface area contributed by atoms with E-state index >= 15 is 0 Å². The van der Waals surface area contributed by atoms with Gasteiger partial charge in [0.2, 0.25) is 5.91 Å². The summed E-state index contributed by atoms with van der Waals surface area (Å²) in [6.45, 7) is 3.12. The minimum atomic E-state index is -1.12. The fraction of sp³-hybridized carbons (Fsp3) is 0.312. The average molecular weight is 318 g/mol. The molecular weight excluding hydrogens is 300 g/mol. The van der Waals surface area contributed by atoms with Crippen molar-refractivity contribution in [1.29, 1.82) is 0 Å². The summed E-state index contributed by atoms with van der Waals surface area (Å²) < 4.78 is 5.29. The predicted molar refractivity (Wildman–Crippen MR) is 83.3 cm³/mol.